The van der Waals surface area contributed by atoms with Crippen LogP contribution in [0.2, 0.25) is 0 Å². The van der Waals surface area contributed by atoms with Gasteiger partial charge in [-0.25, -0.2) is 4.98 Å². The Morgan fingerprint density at radius 1 is 1.41 bits per heavy atom. The van der Waals surface area contributed by atoms with Gasteiger partial charge in [0.15, 0.2) is 0 Å². The van der Waals surface area contributed by atoms with Crippen molar-refractivity contribution in [3.63, 3.8) is 0 Å². The average molecular weight is 233 g/mol. The van der Waals surface area contributed by atoms with Gasteiger partial charge in [-0.2, -0.15) is 0 Å². The third-order valence-electron chi connectivity index (χ3n) is 3.13. The summed E-state index contributed by atoms with van der Waals surface area (Å²) in [6, 6.07) is 5.14. The van der Waals surface area contributed by atoms with Gasteiger partial charge in [0.1, 0.15) is 5.82 Å². The molecule has 1 saturated carbocycles. The summed E-state index contributed by atoms with van der Waals surface area (Å²) in [6.07, 6.45) is 3.85. The molecule has 0 atom stereocenters. The predicted octanol–water partition coefficient (Wildman–Crippen LogP) is 2.49. The van der Waals surface area contributed by atoms with Gasteiger partial charge in [-0.1, -0.05) is 6.92 Å². The molecule has 1 fully saturated rings. The molecule has 0 aromatic carbocycles. The van der Waals surface area contributed by atoms with Crippen molar-refractivity contribution in [2.24, 2.45) is 0 Å². The van der Waals surface area contributed by atoms with Gasteiger partial charge in [0.05, 0.1) is 0 Å². The first kappa shape index (κ1) is 12.4. The molecule has 0 spiro atoms. The van der Waals surface area contributed by atoms with Crippen molar-refractivity contribution < 1.29 is 0 Å². The summed E-state index contributed by atoms with van der Waals surface area (Å²) in [5.41, 5.74) is 2.45. The smallest absolute Gasteiger partial charge is 0.129 e. The van der Waals surface area contributed by atoms with E-state index in [4.69, 9.17) is 4.98 Å². The Morgan fingerprint density at radius 2 is 2.18 bits per heavy atom. The van der Waals surface area contributed by atoms with Gasteiger partial charge < -0.3 is 10.2 Å². The van der Waals surface area contributed by atoms with Gasteiger partial charge in [-0.3, -0.25) is 0 Å². The zero-order valence-electron chi connectivity index (χ0n) is 11.2. The van der Waals surface area contributed by atoms with E-state index in [1.54, 1.807) is 0 Å². The van der Waals surface area contributed by atoms with Crippen LogP contribution in [0.25, 0.3) is 0 Å². The van der Waals surface area contributed by atoms with E-state index < -0.39 is 0 Å². The zero-order chi connectivity index (χ0) is 12.3. The Kier molecular flexibility index (Phi) is 4.00. The number of aromatic nitrogens is 1. The standard InChI is InChI=1S/C14H23N3/c1-4-7-17(13-5-6-13)14-9-12(10-15-3)8-11(2)16-14/h8-9,13,15H,4-7,10H2,1-3H3. The summed E-state index contributed by atoms with van der Waals surface area (Å²) in [5, 5.41) is 3.21. The maximum Gasteiger partial charge on any atom is 0.129 e. The van der Waals surface area contributed by atoms with Crippen LogP contribution in [0.4, 0.5) is 5.82 Å². The maximum atomic E-state index is 4.69. The molecule has 0 aliphatic heterocycles. The lowest BCUT2D eigenvalue weighted by Gasteiger charge is -2.24. The SMILES string of the molecule is CCCN(c1cc(CNC)cc(C)n1)C1CC1. The maximum absolute atomic E-state index is 4.69. The highest BCUT2D eigenvalue weighted by atomic mass is 15.2. The number of aryl methyl sites for hydroxylation is 1. The second kappa shape index (κ2) is 5.50. The van der Waals surface area contributed by atoms with E-state index in [1.165, 1.54) is 30.6 Å². The van der Waals surface area contributed by atoms with E-state index in [-0.39, 0.29) is 0 Å². The molecular weight excluding hydrogens is 210 g/mol. The summed E-state index contributed by atoms with van der Waals surface area (Å²) in [4.78, 5) is 7.17. The third-order valence-corrected chi connectivity index (χ3v) is 3.13. The van der Waals surface area contributed by atoms with Gasteiger partial charge in [0.25, 0.3) is 0 Å². The van der Waals surface area contributed by atoms with Crippen molar-refractivity contribution in [2.45, 2.75) is 45.7 Å². The number of rotatable bonds is 6. The van der Waals surface area contributed by atoms with Gasteiger partial charge in [0.2, 0.25) is 0 Å². The second-order valence-corrected chi connectivity index (χ2v) is 4.93. The molecule has 3 heteroatoms. The van der Waals surface area contributed by atoms with Crippen LogP contribution in [0.1, 0.15) is 37.4 Å². The number of nitrogens with zero attached hydrogens (tertiary/aromatic N) is 2. The number of nitrogens with one attached hydrogen (secondary N) is 1. The molecule has 0 saturated heterocycles. The average Bonchev–Trinajstić information content (AvgIpc) is 3.09. The van der Waals surface area contributed by atoms with E-state index in [0.29, 0.717) is 0 Å². The van der Waals surface area contributed by atoms with E-state index >= 15 is 0 Å². The van der Waals surface area contributed by atoms with Crippen molar-refractivity contribution in [1.29, 1.82) is 0 Å². The highest BCUT2D eigenvalue weighted by molar-refractivity contribution is 5.45. The normalized spacial score (nSPS) is 15.0. The van der Waals surface area contributed by atoms with Crippen LogP contribution in [0.3, 0.4) is 0 Å². The Bertz CT molecular complexity index is 372. The molecule has 2 rings (SSSR count). The van der Waals surface area contributed by atoms with Crippen molar-refractivity contribution in [2.75, 3.05) is 18.5 Å². The highest BCUT2D eigenvalue weighted by Crippen LogP contribution is 2.31. The zero-order valence-corrected chi connectivity index (χ0v) is 11.2. The molecule has 1 aromatic heterocycles. The number of anilines is 1. The highest BCUT2D eigenvalue weighted by Gasteiger charge is 2.29. The van der Waals surface area contributed by atoms with E-state index in [1.807, 2.05) is 7.05 Å². The minimum absolute atomic E-state index is 0.742. The molecule has 0 amide bonds. The van der Waals surface area contributed by atoms with Crippen LogP contribution in [-0.4, -0.2) is 24.6 Å². The molecule has 0 unspecified atom stereocenters. The van der Waals surface area contributed by atoms with Crippen LogP contribution in [0.5, 0.6) is 0 Å². The van der Waals surface area contributed by atoms with E-state index in [2.05, 4.69) is 36.2 Å². The largest absolute Gasteiger partial charge is 0.354 e. The topological polar surface area (TPSA) is 28.2 Å². The molecule has 1 aliphatic rings. The fourth-order valence-corrected chi connectivity index (χ4v) is 2.29. The van der Waals surface area contributed by atoms with Gasteiger partial charge >= 0.3 is 0 Å². The van der Waals surface area contributed by atoms with Gasteiger partial charge in [0, 0.05) is 24.8 Å². The molecule has 17 heavy (non-hydrogen) atoms. The van der Waals surface area contributed by atoms with Crippen LogP contribution in [-0.2, 0) is 6.54 Å². The summed E-state index contributed by atoms with van der Waals surface area (Å²) >= 11 is 0. The van der Waals surface area contributed by atoms with Crippen LogP contribution < -0.4 is 10.2 Å². The summed E-state index contributed by atoms with van der Waals surface area (Å²) < 4.78 is 0. The molecule has 0 bridgehead atoms. The summed E-state index contributed by atoms with van der Waals surface area (Å²) in [5.74, 6) is 1.17. The minimum Gasteiger partial charge on any atom is -0.354 e. The molecule has 1 N–H and O–H groups in total. The first-order chi connectivity index (χ1) is 8.24. The molecule has 1 heterocycles. The van der Waals surface area contributed by atoms with Crippen LogP contribution in [0.15, 0.2) is 12.1 Å². The number of pyridine rings is 1. The molecule has 1 aliphatic carbocycles. The minimum atomic E-state index is 0.742. The van der Waals surface area contributed by atoms with Crippen molar-refractivity contribution >= 4 is 5.82 Å². The van der Waals surface area contributed by atoms with Gasteiger partial charge in [-0.05, 0) is 50.9 Å². The van der Waals surface area contributed by atoms with Crippen molar-refractivity contribution in [1.82, 2.24) is 10.3 Å². The summed E-state index contributed by atoms with van der Waals surface area (Å²) in [7, 11) is 1.99. The van der Waals surface area contributed by atoms with Crippen LogP contribution >= 0.6 is 0 Å². The summed E-state index contributed by atoms with van der Waals surface area (Å²) in [6.45, 7) is 6.36. The van der Waals surface area contributed by atoms with Crippen molar-refractivity contribution in [3.05, 3.63) is 23.4 Å². The molecule has 0 radical (unpaired) electrons. The Balaban J connectivity index is 2.22. The molecule has 1 aromatic rings. The van der Waals surface area contributed by atoms with Crippen LogP contribution in [0, 0.1) is 6.92 Å². The monoisotopic (exact) mass is 233 g/mol. The molecular formula is C14H23N3. The van der Waals surface area contributed by atoms with E-state index in [9.17, 15) is 0 Å². The number of hydrogen-bond acceptors (Lipinski definition) is 3. The number of hydrogen-bond donors (Lipinski definition) is 1. The van der Waals surface area contributed by atoms with Crippen molar-refractivity contribution in [3.8, 4) is 0 Å². The molecule has 3 nitrogen and oxygen atoms in total. The first-order valence-electron chi connectivity index (χ1n) is 6.63. The predicted molar refractivity (Wildman–Crippen MR) is 72.4 cm³/mol. The lowest BCUT2D eigenvalue weighted by atomic mass is 10.2. The third kappa shape index (κ3) is 3.19. The Morgan fingerprint density at radius 3 is 2.76 bits per heavy atom. The first-order valence-corrected chi connectivity index (χ1v) is 6.63. The van der Waals surface area contributed by atoms with Gasteiger partial charge in [-0.15, -0.1) is 0 Å². The fourth-order valence-electron chi connectivity index (χ4n) is 2.29. The lowest BCUT2D eigenvalue weighted by molar-refractivity contribution is 0.744. The molecule has 94 valence electrons. The Labute approximate surface area is 104 Å². The fraction of sp³-hybridized carbons (Fsp3) is 0.643. The quantitative estimate of drug-likeness (QED) is 0.818. The van der Waals surface area contributed by atoms with E-state index in [0.717, 1.165) is 24.8 Å². The Hall–Kier alpha value is -1.09. The lowest BCUT2D eigenvalue weighted by Crippen LogP contribution is -2.27. The second-order valence-electron chi connectivity index (χ2n) is 4.93.